The van der Waals surface area contributed by atoms with Crippen molar-refractivity contribution in [3.8, 4) is 22.5 Å². The number of benzene rings is 3. The van der Waals surface area contributed by atoms with Crippen molar-refractivity contribution in [2.45, 2.75) is 45.1 Å². The molecule has 0 bridgehead atoms. The number of tetrazole rings is 1. The van der Waals surface area contributed by atoms with Gasteiger partial charge in [-0.25, -0.2) is 9.88 Å². The molecule has 0 aliphatic heterocycles. The van der Waals surface area contributed by atoms with E-state index in [1.165, 1.54) is 4.90 Å². The number of aromatic amines is 2. The van der Waals surface area contributed by atoms with Gasteiger partial charge in [0.1, 0.15) is 0 Å². The van der Waals surface area contributed by atoms with Gasteiger partial charge in [-0.05, 0) is 115 Å². The minimum Gasteiger partial charge on any atom is -0.345 e. The predicted molar refractivity (Wildman–Crippen MR) is 165 cm³/mol. The maximum Gasteiger partial charge on any atom is 0.251 e. The van der Waals surface area contributed by atoms with Crippen LogP contribution in [0.4, 0.5) is 5.69 Å². The zero-order valence-corrected chi connectivity index (χ0v) is 24.0. The number of aryl methyl sites for hydroxylation is 1. The maximum absolute atomic E-state index is 13.9. The van der Waals surface area contributed by atoms with Crippen molar-refractivity contribution in [2.24, 2.45) is 23.3 Å². The number of carbonyl (C=O) groups is 2. The summed E-state index contributed by atoms with van der Waals surface area (Å²) < 4.78 is 0. The van der Waals surface area contributed by atoms with Crippen molar-refractivity contribution >= 4 is 28.5 Å². The van der Waals surface area contributed by atoms with Crippen LogP contribution in [0.1, 0.15) is 36.8 Å². The Hall–Kier alpha value is -4.74. The number of fused-ring (bicyclic) bond motifs is 1. The molecular weight excluding hydrogens is 542 g/mol. The van der Waals surface area contributed by atoms with Crippen LogP contribution >= 0.6 is 0 Å². The Kier molecular flexibility index (Phi) is 8.08. The van der Waals surface area contributed by atoms with Crippen LogP contribution in [0.2, 0.25) is 0 Å². The molecule has 43 heavy (non-hydrogen) atoms. The first kappa shape index (κ1) is 28.4. The first-order chi connectivity index (χ1) is 20.9. The average Bonchev–Trinajstić information content (AvgIpc) is 3.74. The number of rotatable bonds is 8. The second-order valence-corrected chi connectivity index (χ2v) is 11.3. The van der Waals surface area contributed by atoms with E-state index in [4.69, 9.17) is 11.5 Å². The molecule has 1 aliphatic rings. The smallest absolute Gasteiger partial charge is 0.251 e. The summed E-state index contributed by atoms with van der Waals surface area (Å²) in [5.41, 5.74) is 19.7. The number of carbonyl (C=O) groups excluding carboxylic acids is 2. The summed E-state index contributed by atoms with van der Waals surface area (Å²) in [6, 6.07) is 18.3. The van der Waals surface area contributed by atoms with Crippen molar-refractivity contribution in [1.82, 2.24) is 30.6 Å². The Morgan fingerprint density at radius 2 is 1.72 bits per heavy atom. The molecule has 1 aliphatic carbocycles. The predicted octanol–water partition coefficient (Wildman–Crippen LogP) is 3.91. The molecule has 3 aromatic carbocycles. The summed E-state index contributed by atoms with van der Waals surface area (Å²) in [6.07, 6.45) is 5.13. The number of imidazole rings is 1. The van der Waals surface area contributed by atoms with E-state index in [0.717, 1.165) is 46.1 Å². The molecular formula is C32H35N9O2. The number of H-pyrrole nitrogens is 2. The molecule has 1 saturated carbocycles. The largest absolute Gasteiger partial charge is 0.345 e. The fourth-order valence-electron chi connectivity index (χ4n) is 5.96. The number of aromatic nitrogens is 6. The lowest BCUT2D eigenvalue weighted by molar-refractivity contribution is -0.130. The van der Waals surface area contributed by atoms with Crippen molar-refractivity contribution in [3.05, 3.63) is 78.1 Å². The molecule has 220 valence electrons. The third-order valence-corrected chi connectivity index (χ3v) is 8.50. The highest BCUT2D eigenvalue weighted by Crippen LogP contribution is 2.32. The molecule has 5 aromatic rings. The minimum atomic E-state index is -0.908. The van der Waals surface area contributed by atoms with Gasteiger partial charge in [0, 0.05) is 11.5 Å². The average molecular weight is 578 g/mol. The number of amides is 2. The van der Waals surface area contributed by atoms with Crippen molar-refractivity contribution < 1.29 is 9.59 Å². The molecule has 1 fully saturated rings. The number of hydrogen-bond donors (Lipinski definition) is 4. The van der Waals surface area contributed by atoms with Gasteiger partial charge in [-0.3, -0.25) is 9.59 Å². The van der Waals surface area contributed by atoms with Crippen LogP contribution in [0.15, 0.2) is 67.0 Å². The van der Waals surface area contributed by atoms with Gasteiger partial charge >= 0.3 is 0 Å². The fourth-order valence-corrected chi connectivity index (χ4v) is 5.96. The Bertz CT molecular complexity index is 1700. The summed E-state index contributed by atoms with van der Waals surface area (Å²) >= 11 is 0. The van der Waals surface area contributed by atoms with Crippen LogP contribution < -0.4 is 16.4 Å². The second-order valence-electron chi connectivity index (χ2n) is 11.3. The number of imide groups is 1. The van der Waals surface area contributed by atoms with E-state index < -0.39 is 11.9 Å². The van der Waals surface area contributed by atoms with Gasteiger partial charge in [0.25, 0.3) is 5.91 Å². The molecule has 0 saturated heterocycles. The summed E-state index contributed by atoms with van der Waals surface area (Å²) in [6.45, 7) is 2.68. The van der Waals surface area contributed by atoms with Crippen LogP contribution in [0, 0.1) is 18.8 Å². The topological polar surface area (TPSA) is 173 Å². The summed E-state index contributed by atoms with van der Waals surface area (Å²) in [5, 5.41) is 14.0. The first-order valence-electron chi connectivity index (χ1n) is 14.6. The third-order valence-electron chi connectivity index (χ3n) is 8.50. The van der Waals surface area contributed by atoms with E-state index in [0.29, 0.717) is 48.8 Å². The Labute approximate surface area is 249 Å². The SMILES string of the molecule is Cc1cc2[nH]cnc2cc1-c1ccc(C[C@H](N)C(=O)N(C(=O)C2CCC(CN)CC2)c2ccc(-c3nn[nH]n3)cc2)cc1. The quantitative estimate of drug-likeness (QED) is 0.215. The van der Waals surface area contributed by atoms with Crippen molar-refractivity contribution in [3.63, 3.8) is 0 Å². The molecule has 2 aromatic heterocycles. The van der Waals surface area contributed by atoms with Crippen molar-refractivity contribution in [1.29, 1.82) is 0 Å². The second kappa shape index (κ2) is 12.2. The molecule has 1 atom stereocenters. The van der Waals surface area contributed by atoms with Crippen LogP contribution in [-0.2, 0) is 16.0 Å². The zero-order chi connectivity index (χ0) is 29.9. The number of nitrogens with two attached hydrogens (primary N) is 2. The lowest BCUT2D eigenvalue weighted by Crippen LogP contribution is -2.50. The Morgan fingerprint density at radius 3 is 2.40 bits per heavy atom. The standard InChI is InChI=1S/C32H35N9O2/c1-19-14-28-29(36-18-35-28)16-26(19)22-6-2-20(3-7-22)15-27(34)32(43)41(31(42)24-8-4-21(17-33)5-9-24)25-12-10-23(11-13-25)30-37-39-40-38-30/h2-3,6-7,10-14,16,18,21,24,27H,4-5,8-9,15,17,33-34H2,1H3,(H,35,36)(H,37,38,39,40)/t21?,24?,27-/m0/s1. The van der Waals surface area contributed by atoms with Crippen LogP contribution in [0.25, 0.3) is 33.5 Å². The van der Waals surface area contributed by atoms with Crippen molar-refractivity contribution in [2.75, 3.05) is 11.4 Å². The van der Waals surface area contributed by atoms with E-state index in [2.05, 4.69) is 49.6 Å². The molecule has 2 heterocycles. The van der Waals surface area contributed by atoms with Gasteiger partial charge in [-0.15, -0.1) is 10.2 Å². The van der Waals surface area contributed by atoms with E-state index in [1.54, 1.807) is 30.6 Å². The van der Waals surface area contributed by atoms with Gasteiger partial charge in [-0.1, -0.05) is 24.3 Å². The lowest BCUT2D eigenvalue weighted by Gasteiger charge is -2.32. The number of hydrogen-bond acceptors (Lipinski definition) is 8. The fraction of sp³-hybridized carbons (Fsp3) is 0.312. The highest BCUT2D eigenvalue weighted by molar-refractivity contribution is 6.17. The van der Waals surface area contributed by atoms with Gasteiger partial charge in [0.2, 0.25) is 11.7 Å². The maximum atomic E-state index is 13.9. The Morgan fingerprint density at radius 1 is 1.00 bits per heavy atom. The molecule has 2 amide bonds. The van der Waals surface area contributed by atoms with Crippen LogP contribution in [0.3, 0.4) is 0 Å². The lowest BCUT2D eigenvalue weighted by atomic mass is 9.81. The van der Waals surface area contributed by atoms with E-state index in [9.17, 15) is 9.59 Å². The van der Waals surface area contributed by atoms with E-state index >= 15 is 0 Å². The summed E-state index contributed by atoms with van der Waals surface area (Å²) in [7, 11) is 0. The van der Waals surface area contributed by atoms with E-state index in [-0.39, 0.29) is 11.8 Å². The van der Waals surface area contributed by atoms with Crippen LogP contribution in [0.5, 0.6) is 0 Å². The molecule has 11 heteroatoms. The highest BCUT2D eigenvalue weighted by atomic mass is 16.2. The van der Waals surface area contributed by atoms with Gasteiger partial charge in [0.05, 0.1) is 29.1 Å². The van der Waals surface area contributed by atoms with Gasteiger partial charge in [0.15, 0.2) is 0 Å². The molecule has 0 unspecified atom stereocenters. The number of nitrogens with zero attached hydrogens (tertiary/aromatic N) is 5. The Balaban J connectivity index is 1.22. The summed E-state index contributed by atoms with van der Waals surface area (Å²) in [5.74, 6) is -0.0664. The number of nitrogens with one attached hydrogen (secondary N) is 2. The van der Waals surface area contributed by atoms with Gasteiger partial charge < -0.3 is 16.5 Å². The number of anilines is 1. The molecule has 11 nitrogen and oxygen atoms in total. The molecule has 6 N–H and O–H groups in total. The van der Waals surface area contributed by atoms with E-state index in [1.807, 2.05) is 24.3 Å². The normalized spacial score (nSPS) is 17.6. The third kappa shape index (κ3) is 5.95. The van der Waals surface area contributed by atoms with Crippen LogP contribution in [-0.4, -0.2) is 55.0 Å². The van der Waals surface area contributed by atoms with Gasteiger partial charge in [-0.2, -0.15) is 5.21 Å². The zero-order valence-electron chi connectivity index (χ0n) is 24.0. The minimum absolute atomic E-state index is 0.220. The molecule has 0 spiro atoms. The monoisotopic (exact) mass is 577 g/mol. The molecule has 6 rings (SSSR count). The highest BCUT2D eigenvalue weighted by Gasteiger charge is 2.35. The first-order valence-corrected chi connectivity index (χ1v) is 14.6. The molecule has 0 radical (unpaired) electrons. The summed E-state index contributed by atoms with van der Waals surface area (Å²) in [4.78, 5) is 36.6.